The molecule has 0 bridgehead atoms. The number of rotatable bonds is 8. The molecule has 1 aliphatic rings. The number of allylic oxidation sites excluding steroid dienone is 2. The summed E-state index contributed by atoms with van der Waals surface area (Å²) >= 11 is 5.63. The fourth-order valence-electron chi connectivity index (χ4n) is 3.37. The van der Waals surface area contributed by atoms with Gasteiger partial charge < -0.3 is 19.0 Å². The zero-order chi connectivity index (χ0) is 29.2. The Morgan fingerprint density at radius 3 is 1.98 bits per heavy atom. The predicted molar refractivity (Wildman–Crippen MR) is 153 cm³/mol. The Morgan fingerprint density at radius 2 is 1.50 bits per heavy atom. The standard InChI is InChI=1S/C15H16O4.C9H9ClO.C6H8O3.CH4/c1-10-8-12(14(16)18-2)13(15(17)19-10)9-11-6-4-3-5-7-11;10-9(7-11)6-8-4-2-1-3-5-8;1-5(7)3-4-6(8)9-2;/h3-8,12-13H,9H2,1-2H3;1-5,7,9H,6H2;3-4H,1-2H3;1H4/b;;4-3+;/t12-,13-;;;/m0.../s1. The summed E-state index contributed by atoms with van der Waals surface area (Å²) in [6.07, 6.45) is 5.73. The van der Waals surface area contributed by atoms with Crippen molar-refractivity contribution in [3.05, 3.63) is 95.8 Å². The maximum Gasteiger partial charge on any atom is 0.330 e. The van der Waals surface area contributed by atoms with Crippen molar-refractivity contribution >= 4 is 41.6 Å². The molecule has 8 nitrogen and oxygen atoms in total. The fraction of sp³-hybridized carbons (Fsp3) is 0.323. The third kappa shape index (κ3) is 14.2. The molecule has 3 rings (SSSR count). The third-order valence-electron chi connectivity index (χ3n) is 5.26. The van der Waals surface area contributed by atoms with Crippen LogP contribution in [0.5, 0.6) is 0 Å². The summed E-state index contributed by atoms with van der Waals surface area (Å²) in [7, 11) is 2.58. The second kappa shape index (κ2) is 19.9. The highest BCUT2D eigenvalue weighted by Crippen LogP contribution is 2.28. The van der Waals surface area contributed by atoms with Gasteiger partial charge in [0.1, 0.15) is 12.0 Å². The van der Waals surface area contributed by atoms with Gasteiger partial charge in [-0.3, -0.25) is 14.4 Å². The molecular formula is C31H37ClO8. The number of hydrogen-bond acceptors (Lipinski definition) is 8. The van der Waals surface area contributed by atoms with Crippen molar-refractivity contribution in [2.45, 2.75) is 39.5 Å². The lowest BCUT2D eigenvalue weighted by Crippen LogP contribution is -2.35. The third-order valence-corrected chi connectivity index (χ3v) is 5.52. The van der Waals surface area contributed by atoms with E-state index in [0.717, 1.165) is 29.6 Å². The average molecular weight is 573 g/mol. The molecule has 2 aromatic rings. The van der Waals surface area contributed by atoms with Gasteiger partial charge in [-0.05, 0) is 50.0 Å². The Morgan fingerprint density at radius 1 is 0.950 bits per heavy atom. The number of alkyl halides is 1. The van der Waals surface area contributed by atoms with E-state index in [-0.39, 0.29) is 19.2 Å². The summed E-state index contributed by atoms with van der Waals surface area (Å²) in [5.74, 6) is -2.11. The van der Waals surface area contributed by atoms with Crippen molar-refractivity contribution in [3.63, 3.8) is 0 Å². The highest BCUT2D eigenvalue weighted by atomic mass is 35.5. The molecule has 0 saturated carbocycles. The molecule has 0 amide bonds. The Labute approximate surface area is 241 Å². The molecule has 2 aromatic carbocycles. The number of benzene rings is 2. The van der Waals surface area contributed by atoms with Gasteiger partial charge in [0, 0.05) is 6.08 Å². The second-order valence-electron chi connectivity index (χ2n) is 8.35. The molecule has 0 radical (unpaired) electrons. The Hall–Kier alpha value is -4.04. The number of methoxy groups -OCH3 is 2. The lowest BCUT2D eigenvalue weighted by atomic mass is 9.85. The molecule has 0 saturated heterocycles. The Bertz CT molecular complexity index is 1140. The smallest absolute Gasteiger partial charge is 0.330 e. The number of halogens is 1. The first-order chi connectivity index (χ1) is 18.6. The Kier molecular flexibility index (Phi) is 17.9. The number of aldehydes is 1. The maximum atomic E-state index is 12.0. The molecule has 1 unspecified atom stereocenters. The van der Waals surface area contributed by atoms with Gasteiger partial charge in [-0.2, -0.15) is 0 Å². The van der Waals surface area contributed by atoms with Crippen LogP contribution in [-0.4, -0.2) is 49.6 Å². The number of cyclic esters (lactones) is 1. The first-order valence-electron chi connectivity index (χ1n) is 12.0. The summed E-state index contributed by atoms with van der Waals surface area (Å²) in [4.78, 5) is 54.4. The van der Waals surface area contributed by atoms with Gasteiger partial charge in [0.05, 0.1) is 31.4 Å². The minimum atomic E-state index is -0.577. The average Bonchev–Trinajstić information content (AvgIpc) is 2.94. The van der Waals surface area contributed by atoms with Gasteiger partial charge in [-0.25, -0.2) is 4.79 Å². The highest BCUT2D eigenvalue weighted by Gasteiger charge is 2.38. The summed E-state index contributed by atoms with van der Waals surface area (Å²) in [6, 6.07) is 19.3. The number of hydrogen-bond donors (Lipinski definition) is 0. The van der Waals surface area contributed by atoms with Crippen LogP contribution in [0.25, 0.3) is 0 Å². The number of ketones is 1. The zero-order valence-corrected chi connectivity index (χ0v) is 23.1. The van der Waals surface area contributed by atoms with Crippen molar-refractivity contribution < 1.29 is 38.2 Å². The van der Waals surface area contributed by atoms with E-state index in [1.807, 2.05) is 60.7 Å². The molecule has 0 fully saturated rings. The van der Waals surface area contributed by atoms with Gasteiger partial charge in [0.25, 0.3) is 0 Å². The molecular weight excluding hydrogens is 536 g/mol. The van der Waals surface area contributed by atoms with Crippen LogP contribution < -0.4 is 0 Å². The lowest BCUT2D eigenvalue weighted by molar-refractivity contribution is -0.157. The molecule has 1 heterocycles. The monoisotopic (exact) mass is 572 g/mol. The zero-order valence-electron chi connectivity index (χ0n) is 22.4. The van der Waals surface area contributed by atoms with Crippen molar-refractivity contribution in [2.24, 2.45) is 11.8 Å². The normalized spacial score (nSPS) is 16.2. The summed E-state index contributed by atoms with van der Waals surface area (Å²) in [6.45, 7) is 3.02. The molecule has 9 heteroatoms. The first-order valence-corrected chi connectivity index (χ1v) is 12.5. The summed E-state index contributed by atoms with van der Waals surface area (Å²) in [5, 5.41) is -0.391. The number of esters is 3. The SMILES string of the molecule is C.COC(=O)/C=C/C(C)=O.COC(=O)[C@H]1C=C(C)OC(=O)[C@H]1Cc1ccccc1.O=CC(Cl)Cc1ccccc1. The number of ether oxygens (including phenoxy) is 3. The van der Waals surface area contributed by atoms with E-state index in [1.165, 1.54) is 21.1 Å². The molecule has 0 aromatic heterocycles. The van der Waals surface area contributed by atoms with Crippen LogP contribution in [-0.2, 0) is 51.0 Å². The quantitative estimate of drug-likeness (QED) is 0.142. The van der Waals surface area contributed by atoms with Crippen molar-refractivity contribution in [1.29, 1.82) is 0 Å². The minimum absolute atomic E-state index is 0. The van der Waals surface area contributed by atoms with E-state index in [0.29, 0.717) is 18.6 Å². The van der Waals surface area contributed by atoms with Crippen LogP contribution in [0.4, 0.5) is 0 Å². The second-order valence-corrected chi connectivity index (χ2v) is 8.91. The topological polar surface area (TPSA) is 113 Å². The number of carbonyl (C=O) groups excluding carboxylic acids is 5. The molecule has 40 heavy (non-hydrogen) atoms. The molecule has 0 aliphatic carbocycles. The summed E-state index contributed by atoms with van der Waals surface area (Å²) in [5.41, 5.74) is 2.09. The van der Waals surface area contributed by atoms with Crippen molar-refractivity contribution in [3.8, 4) is 0 Å². The van der Waals surface area contributed by atoms with Crippen molar-refractivity contribution in [1.82, 2.24) is 0 Å². The number of carbonyl (C=O) groups is 5. The highest BCUT2D eigenvalue weighted by molar-refractivity contribution is 6.27. The van der Waals surface area contributed by atoms with Gasteiger partial charge in [0.15, 0.2) is 5.78 Å². The van der Waals surface area contributed by atoms with Gasteiger partial charge in [-0.15, -0.1) is 11.6 Å². The van der Waals surface area contributed by atoms with E-state index in [9.17, 15) is 24.0 Å². The van der Waals surface area contributed by atoms with E-state index in [4.69, 9.17) is 21.1 Å². The maximum absolute atomic E-state index is 12.0. The van der Waals surface area contributed by atoms with Crippen LogP contribution in [0.3, 0.4) is 0 Å². The van der Waals surface area contributed by atoms with E-state index in [1.54, 1.807) is 13.0 Å². The lowest BCUT2D eigenvalue weighted by Gasteiger charge is -2.26. The largest absolute Gasteiger partial charge is 0.469 e. The molecule has 3 atom stereocenters. The van der Waals surface area contributed by atoms with Gasteiger partial charge in [-0.1, -0.05) is 68.1 Å². The van der Waals surface area contributed by atoms with E-state index >= 15 is 0 Å². The summed E-state index contributed by atoms with van der Waals surface area (Å²) < 4.78 is 14.1. The molecule has 0 spiro atoms. The van der Waals surface area contributed by atoms with Gasteiger partial charge >= 0.3 is 17.9 Å². The van der Waals surface area contributed by atoms with E-state index in [2.05, 4.69) is 4.74 Å². The molecule has 216 valence electrons. The first kappa shape index (κ1) is 36.0. The van der Waals surface area contributed by atoms with Crippen LogP contribution in [0.2, 0.25) is 0 Å². The molecule has 1 aliphatic heterocycles. The van der Waals surface area contributed by atoms with Crippen LogP contribution >= 0.6 is 11.6 Å². The van der Waals surface area contributed by atoms with E-state index < -0.39 is 29.2 Å². The van der Waals surface area contributed by atoms with Crippen molar-refractivity contribution in [2.75, 3.05) is 14.2 Å². The van der Waals surface area contributed by atoms with Crippen LogP contribution in [0.15, 0.2) is 84.7 Å². The predicted octanol–water partition coefficient (Wildman–Crippen LogP) is 5.07. The molecule has 0 N–H and O–H groups in total. The van der Waals surface area contributed by atoms with Gasteiger partial charge in [0.2, 0.25) is 0 Å². The van der Waals surface area contributed by atoms with Crippen LogP contribution in [0.1, 0.15) is 32.4 Å². The fourth-order valence-corrected chi connectivity index (χ4v) is 3.55. The van der Waals surface area contributed by atoms with Crippen LogP contribution in [0, 0.1) is 11.8 Å². The Balaban J connectivity index is 0.000000620. The minimum Gasteiger partial charge on any atom is -0.469 e.